The second-order valence-corrected chi connectivity index (χ2v) is 8.46. The number of para-hydroxylation sites is 1. The summed E-state index contributed by atoms with van der Waals surface area (Å²) < 4.78 is 14.0. The molecule has 2 aromatic carbocycles. The molecule has 34 heavy (non-hydrogen) atoms. The van der Waals surface area contributed by atoms with Crippen molar-refractivity contribution in [2.24, 2.45) is 0 Å². The molecule has 0 aliphatic heterocycles. The van der Waals surface area contributed by atoms with Gasteiger partial charge in [0.15, 0.2) is 0 Å². The summed E-state index contributed by atoms with van der Waals surface area (Å²) in [7, 11) is 0. The molecule has 4 aromatic rings. The van der Waals surface area contributed by atoms with Gasteiger partial charge in [0.2, 0.25) is 0 Å². The first kappa shape index (κ1) is 23.4. The Hall–Kier alpha value is -3.80. The number of carboxylic acids is 1. The largest absolute Gasteiger partial charge is 0.493 e. The molecule has 0 saturated heterocycles. The highest BCUT2D eigenvalue weighted by atomic mass is 16.5. The summed E-state index contributed by atoms with van der Waals surface area (Å²) in [6.45, 7) is 5.22. The number of aliphatic carboxylic acids is 1. The molecule has 176 valence electrons. The summed E-state index contributed by atoms with van der Waals surface area (Å²) in [4.78, 5) is 15.3. The number of aryl methyl sites for hydroxylation is 2. The lowest BCUT2D eigenvalue weighted by molar-refractivity contribution is -0.137. The van der Waals surface area contributed by atoms with E-state index in [1.54, 1.807) is 0 Å². The van der Waals surface area contributed by atoms with E-state index in [1.165, 1.54) is 0 Å². The van der Waals surface area contributed by atoms with Crippen LogP contribution in [0.15, 0.2) is 71.3 Å². The van der Waals surface area contributed by atoms with Crippen molar-refractivity contribution in [3.05, 3.63) is 83.9 Å². The first-order valence-electron chi connectivity index (χ1n) is 11.6. The number of hydrogen-bond donors (Lipinski definition) is 1. The Balaban J connectivity index is 1.46. The van der Waals surface area contributed by atoms with Crippen LogP contribution in [0.2, 0.25) is 0 Å². The molecule has 6 heteroatoms. The average molecular weight is 459 g/mol. The number of furan rings is 1. The number of unbranched alkanes of at least 4 members (excludes halogenated alkanes) is 2. The minimum atomic E-state index is -0.747. The molecular weight excluding hydrogens is 428 g/mol. The standard InChI is InChI=1S/C28H30N2O4/c1-20-18-29-28(23-14-12-22(13-15-23)26-16-11-21(2)34-26)30(20)19-24-8-5-6-9-25(24)33-17-7-3-4-10-27(31)32/h5-6,8-9,11-16,18H,3-4,7,10,17,19H2,1-2H3,(H,31,32). The van der Waals surface area contributed by atoms with Crippen LogP contribution in [0.1, 0.15) is 42.7 Å². The molecule has 0 atom stereocenters. The van der Waals surface area contributed by atoms with Gasteiger partial charge in [0.05, 0.1) is 13.2 Å². The maximum atomic E-state index is 10.6. The number of carbonyl (C=O) groups is 1. The van der Waals surface area contributed by atoms with Gasteiger partial charge in [-0.15, -0.1) is 0 Å². The number of rotatable bonds is 11. The van der Waals surface area contributed by atoms with Crippen LogP contribution in [0, 0.1) is 13.8 Å². The minimum absolute atomic E-state index is 0.210. The molecule has 2 heterocycles. The molecule has 0 aliphatic carbocycles. The number of aromatic nitrogens is 2. The van der Waals surface area contributed by atoms with E-state index in [2.05, 4.69) is 46.8 Å². The Labute approximate surface area is 199 Å². The number of carboxylic acid groups (broad SMARTS) is 1. The Morgan fingerprint density at radius 1 is 0.971 bits per heavy atom. The first-order valence-corrected chi connectivity index (χ1v) is 11.6. The fraction of sp³-hybridized carbons (Fsp3) is 0.286. The smallest absolute Gasteiger partial charge is 0.303 e. The Morgan fingerprint density at radius 3 is 2.47 bits per heavy atom. The van der Waals surface area contributed by atoms with E-state index in [4.69, 9.17) is 14.3 Å². The minimum Gasteiger partial charge on any atom is -0.493 e. The number of imidazole rings is 1. The quantitative estimate of drug-likeness (QED) is 0.260. The molecule has 0 radical (unpaired) electrons. The fourth-order valence-corrected chi connectivity index (χ4v) is 3.95. The van der Waals surface area contributed by atoms with Gasteiger partial charge in [-0.1, -0.05) is 42.5 Å². The van der Waals surface area contributed by atoms with Gasteiger partial charge in [-0.3, -0.25) is 4.79 Å². The lowest BCUT2D eigenvalue weighted by atomic mass is 10.1. The Bertz CT molecular complexity index is 1240. The number of ether oxygens (including phenoxy) is 1. The highest BCUT2D eigenvalue weighted by Crippen LogP contribution is 2.28. The van der Waals surface area contributed by atoms with Gasteiger partial charge in [0.1, 0.15) is 23.1 Å². The van der Waals surface area contributed by atoms with Crippen molar-refractivity contribution in [1.29, 1.82) is 0 Å². The molecule has 2 aromatic heterocycles. The van der Waals surface area contributed by atoms with Gasteiger partial charge in [-0.25, -0.2) is 4.98 Å². The van der Waals surface area contributed by atoms with Crippen LogP contribution in [0.4, 0.5) is 0 Å². The third-order valence-corrected chi connectivity index (χ3v) is 5.82. The van der Waals surface area contributed by atoms with Gasteiger partial charge in [-0.2, -0.15) is 0 Å². The van der Waals surface area contributed by atoms with Crippen molar-refractivity contribution in [2.45, 2.75) is 46.1 Å². The monoisotopic (exact) mass is 458 g/mol. The van der Waals surface area contributed by atoms with Crippen LogP contribution >= 0.6 is 0 Å². The summed E-state index contributed by atoms with van der Waals surface area (Å²) in [6.07, 6.45) is 4.45. The molecule has 0 unspecified atom stereocenters. The summed E-state index contributed by atoms with van der Waals surface area (Å²) in [5.74, 6) is 2.76. The molecular formula is C28H30N2O4. The molecule has 0 bridgehead atoms. The second-order valence-electron chi connectivity index (χ2n) is 8.46. The average Bonchev–Trinajstić information content (AvgIpc) is 3.43. The summed E-state index contributed by atoms with van der Waals surface area (Å²) in [5, 5.41) is 8.76. The summed E-state index contributed by atoms with van der Waals surface area (Å²) >= 11 is 0. The molecule has 4 rings (SSSR count). The molecule has 6 nitrogen and oxygen atoms in total. The zero-order chi connectivity index (χ0) is 23.9. The van der Waals surface area contributed by atoms with Crippen LogP contribution in [0.5, 0.6) is 5.75 Å². The number of hydrogen-bond acceptors (Lipinski definition) is 4. The topological polar surface area (TPSA) is 77.5 Å². The third-order valence-electron chi connectivity index (χ3n) is 5.82. The van der Waals surface area contributed by atoms with Crippen molar-refractivity contribution in [3.8, 4) is 28.5 Å². The van der Waals surface area contributed by atoms with Gasteiger partial charge >= 0.3 is 5.97 Å². The van der Waals surface area contributed by atoms with Crippen LogP contribution in [-0.4, -0.2) is 27.2 Å². The highest BCUT2D eigenvalue weighted by Gasteiger charge is 2.13. The molecule has 0 spiro atoms. The highest BCUT2D eigenvalue weighted by molar-refractivity contribution is 5.66. The lowest BCUT2D eigenvalue weighted by Gasteiger charge is -2.15. The SMILES string of the molecule is Cc1ccc(-c2ccc(-c3ncc(C)n3Cc3ccccc3OCCCCCC(=O)O)cc2)o1. The maximum absolute atomic E-state index is 10.6. The molecule has 0 aliphatic rings. The van der Waals surface area contributed by atoms with Crippen molar-refractivity contribution >= 4 is 5.97 Å². The van der Waals surface area contributed by atoms with Crippen LogP contribution in [0.3, 0.4) is 0 Å². The maximum Gasteiger partial charge on any atom is 0.303 e. The molecule has 0 fully saturated rings. The van der Waals surface area contributed by atoms with Crippen molar-refractivity contribution < 1.29 is 19.1 Å². The molecule has 0 saturated carbocycles. The van der Waals surface area contributed by atoms with E-state index in [-0.39, 0.29) is 6.42 Å². The van der Waals surface area contributed by atoms with E-state index >= 15 is 0 Å². The number of benzene rings is 2. The zero-order valence-corrected chi connectivity index (χ0v) is 19.7. The number of nitrogens with zero attached hydrogens (tertiary/aromatic N) is 2. The predicted molar refractivity (Wildman–Crippen MR) is 132 cm³/mol. The van der Waals surface area contributed by atoms with Crippen LogP contribution < -0.4 is 4.74 Å². The van der Waals surface area contributed by atoms with Gasteiger partial charge < -0.3 is 18.8 Å². The summed E-state index contributed by atoms with van der Waals surface area (Å²) in [6, 6.07) is 20.3. The second kappa shape index (κ2) is 10.9. The first-order chi connectivity index (χ1) is 16.5. The van der Waals surface area contributed by atoms with E-state index in [1.807, 2.05) is 43.5 Å². The molecule has 1 N–H and O–H groups in total. The van der Waals surface area contributed by atoms with E-state index in [9.17, 15) is 4.79 Å². The van der Waals surface area contributed by atoms with Crippen LogP contribution in [0.25, 0.3) is 22.7 Å². The van der Waals surface area contributed by atoms with Crippen LogP contribution in [-0.2, 0) is 11.3 Å². The van der Waals surface area contributed by atoms with Crippen molar-refractivity contribution in [2.75, 3.05) is 6.61 Å². The summed E-state index contributed by atoms with van der Waals surface area (Å²) in [5.41, 5.74) is 4.23. The normalized spacial score (nSPS) is 11.0. The van der Waals surface area contributed by atoms with Gasteiger partial charge in [-0.05, 0) is 51.3 Å². The fourth-order valence-electron chi connectivity index (χ4n) is 3.95. The Morgan fingerprint density at radius 2 is 1.74 bits per heavy atom. The van der Waals surface area contributed by atoms with Gasteiger partial charge in [0.25, 0.3) is 0 Å². The third kappa shape index (κ3) is 5.76. The van der Waals surface area contributed by atoms with Crippen molar-refractivity contribution in [3.63, 3.8) is 0 Å². The lowest BCUT2D eigenvalue weighted by Crippen LogP contribution is -2.07. The Kier molecular flexibility index (Phi) is 7.48. The molecule has 0 amide bonds. The zero-order valence-electron chi connectivity index (χ0n) is 19.7. The van der Waals surface area contributed by atoms with Crippen molar-refractivity contribution in [1.82, 2.24) is 9.55 Å². The van der Waals surface area contributed by atoms with E-state index in [0.29, 0.717) is 19.6 Å². The van der Waals surface area contributed by atoms with E-state index < -0.39 is 5.97 Å². The van der Waals surface area contributed by atoms with Gasteiger partial charge in [0, 0.05) is 35.0 Å². The predicted octanol–water partition coefficient (Wildman–Crippen LogP) is 6.50. The van der Waals surface area contributed by atoms with E-state index in [0.717, 1.165) is 58.3 Å².